The highest BCUT2D eigenvalue weighted by Gasteiger charge is 2.12. The number of nitrogens with zero attached hydrogens (tertiary/aromatic N) is 2. The Morgan fingerprint density at radius 1 is 1.08 bits per heavy atom. The van der Waals surface area contributed by atoms with Crippen LogP contribution in [0.1, 0.15) is 44.6 Å². The fraction of sp³-hybridized carbons (Fsp3) is 0.438. The first-order valence-corrected chi connectivity index (χ1v) is 8.36. The van der Waals surface area contributed by atoms with Gasteiger partial charge >= 0.3 is 11.4 Å². The molecular weight excluding hydrogens is 342 g/mol. The first-order chi connectivity index (χ1) is 12.4. The minimum Gasteiger partial charge on any atom is -0.494 e. The van der Waals surface area contributed by atoms with E-state index >= 15 is 0 Å². The van der Waals surface area contributed by atoms with Crippen LogP contribution in [0.15, 0.2) is 30.4 Å². The summed E-state index contributed by atoms with van der Waals surface area (Å²) in [6.07, 6.45) is 6.84. The van der Waals surface area contributed by atoms with E-state index in [2.05, 4.69) is 21.9 Å². The molecule has 2 rings (SSSR count). The number of hydrogen-bond acceptors (Lipinski definition) is 6. The van der Waals surface area contributed by atoms with Crippen LogP contribution in [0.5, 0.6) is 5.88 Å². The van der Waals surface area contributed by atoms with Crippen LogP contribution in [-0.2, 0) is 6.54 Å². The highest BCUT2D eigenvalue weighted by atomic mass is 16.3. The van der Waals surface area contributed by atoms with E-state index in [-0.39, 0.29) is 17.8 Å². The third-order valence-electron chi connectivity index (χ3n) is 3.82. The zero-order chi connectivity index (χ0) is 19.1. The van der Waals surface area contributed by atoms with Gasteiger partial charge in [-0.1, -0.05) is 32.6 Å². The monoisotopic (exact) mass is 363 g/mol. The first-order valence-electron chi connectivity index (χ1n) is 8.36. The van der Waals surface area contributed by atoms with Gasteiger partial charge in [0.15, 0.2) is 0 Å². The summed E-state index contributed by atoms with van der Waals surface area (Å²) in [4.78, 5) is 56.5. The number of aromatic nitrogens is 4. The molecule has 0 aliphatic heterocycles. The van der Waals surface area contributed by atoms with Crippen molar-refractivity contribution in [1.82, 2.24) is 19.5 Å². The first kappa shape index (κ1) is 19.2. The SMILES string of the molecule is CCCCCCCn1c(O)c(C=Nc2c[nH]c(=O)[nH]c2=O)c(=O)[nH]c1=O. The Labute approximate surface area is 147 Å². The van der Waals surface area contributed by atoms with Crippen LogP contribution in [-0.4, -0.2) is 30.8 Å². The summed E-state index contributed by atoms with van der Waals surface area (Å²) in [6, 6.07) is 0. The zero-order valence-corrected chi connectivity index (χ0v) is 14.4. The van der Waals surface area contributed by atoms with Crippen molar-refractivity contribution in [1.29, 1.82) is 0 Å². The molecule has 140 valence electrons. The Kier molecular flexibility index (Phi) is 6.48. The van der Waals surface area contributed by atoms with Gasteiger partial charge in [0.25, 0.3) is 11.1 Å². The summed E-state index contributed by atoms with van der Waals surface area (Å²) in [5, 5.41) is 10.3. The predicted molar refractivity (Wildman–Crippen MR) is 96.7 cm³/mol. The Hall–Kier alpha value is -3.17. The molecule has 0 fully saturated rings. The third kappa shape index (κ3) is 4.68. The van der Waals surface area contributed by atoms with Crippen LogP contribution in [0, 0.1) is 0 Å². The second-order valence-electron chi connectivity index (χ2n) is 5.78. The minimum absolute atomic E-state index is 0.152. The molecule has 0 atom stereocenters. The van der Waals surface area contributed by atoms with Crippen LogP contribution in [0.3, 0.4) is 0 Å². The molecule has 0 aliphatic carbocycles. The quantitative estimate of drug-likeness (QED) is 0.393. The van der Waals surface area contributed by atoms with E-state index < -0.39 is 28.4 Å². The summed E-state index contributed by atoms with van der Waals surface area (Å²) < 4.78 is 1.06. The summed E-state index contributed by atoms with van der Waals surface area (Å²) in [7, 11) is 0. The number of rotatable bonds is 8. The Morgan fingerprint density at radius 2 is 1.81 bits per heavy atom. The van der Waals surface area contributed by atoms with Crippen molar-refractivity contribution in [2.45, 2.75) is 45.6 Å². The molecule has 2 aromatic heterocycles. The summed E-state index contributed by atoms with van der Waals surface area (Å²) in [5.41, 5.74) is -3.36. The molecule has 0 bridgehead atoms. The van der Waals surface area contributed by atoms with E-state index in [1.807, 2.05) is 4.98 Å². The summed E-state index contributed by atoms with van der Waals surface area (Å²) >= 11 is 0. The highest BCUT2D eigenvalue weighted by molar-refractivity contribution is 5.83. The van der Waals surface area contributed by atoms with Crippen molar-refractivity contribution in [3.05, 3.63) is 53.4 Å². The molecule has 0 aromatic carbocycles. The number of unbranched alkanes of at least 4 members (excludes halogenated alkanes) is 4. The normalized spacial score (nSPS) is 11.3. The predicted octanol–water partition coefficient (Wildman–Crippen LogP) is 0.340. The molecule has 26 heavy (non-hydrogen) atoms. The van der Waals surface area contributed by atoms with Crippen LogP contribution >= 0.6 is 0 Å². The van der Waals surface area contributed by atoms with Gasteiger partial charge in [-0.15, -0.1) is 0 Å². The summed E-state index contributed by atoms with van der Waals surface area (Å²) in [6.45, 7) is 2.35. The van der Waals surface area contributed by atoms with E-state index in [4.69, 9.17) is 0 Å². The van der Waals surface area contributed by atoms with E-state index in [0.29, 0.717) is 6.42 Å². The average molecular weight is 363 g/mol. The number of nitrogens with one attached hydrogen (secondary N) is 3. The van der Waals surface area contributed by atoms with Gasteiger partial charge in [-0.05, 0) is 6.42 Å². The van der Waals surface area contributed by atoms with Crippen molar-refractivity contribution < 1.29 is 5.11 Å². The van der Waals surface area contributed by atoms with E-state index in [1.54, 1.807) is 0 Å². The average Bonchev–Trinajstić information content (AvgIpc) is 2.58. The molecule has 0 radical (unpaired) electrons. The maximum absolute atomic E-state index is 11.9. The third-order valence-corrected chi connectivity index (χ3v) is 3.82. The lowest BCUT2D eigenvalue weighted by atomic mass is 10.1. The molecule has 0 amide bonds. The molecule has 4 N–H and O–H groups in total. The molecule has 0 saturated carbocycles. The van der Waals surface area contributed by atoms with Crippen molar-refractivity contribution in [2.24, 2.45) is 4.99 Å². The van der Waals surface area contributed by atoms with E-state index in [0.717, 1.165) is 42.7 Å². The number of hydrogen-bond donors (Lipinski definition) is 4. The zero-order valence-electron chi connectivity index (χ0n) is 14.4. The van der Waals surface area contributed by atoms with E-state index in [1.165, 1.54) is 0 Å². The molecular formula is C16H21N5O5. The smallest absolute Gasteiger partial charge is 0.331 e. The highest BCUT2D eigenvalue weighted by Crippen LogP contribution is 2.11. The second-order valence-corrected chi connectivity index (χ2v) is 5.78. The number of aliphatic imine (C=N–C) groups is 1. The molecule has 0 spiro atoms. The van der Waals surface area contributed by atoms with Crippen LogP contribution < -0.4 is 22.5 Å². The largest absolute Gasteiger partial charge is 0.494 e. The fourth-order valence-corrected chi connectivity index (χ4v) is 2.41. The van der Waals surface area contributed by atoms with E-state index in [9.17, 15) is 24.3 Å². The number of aromatic hydroxyl groups is 1. The Bertz CT molecular complexity index is 1010. The molecule has 0 aliphatic rings. The van der Waals surface area contributed by atoms with Gasteiger partial charge in [-0.3, -0.25) is 24.1 Å². The van der Waals surface area contributed by atoms with Crippen LogP contribution in [0.4, 0.5) is 5.69 Å². The van der Waals surface area contributed by atoms with Gasteiger partial charge < -0.3 is 10.1 Å². The van der Waals surface area contributed by atoms with Crippen LogP contribution in [0.25, 0.3) is 0 Å². The Morgan fingerprint density at radius 3 is 2.50 bits per heavy atom. The minimum atomic E-state index is -0.820. The van der Waals surface area contributed by atoms with Gasteiger partial charge in [0.05, 0.1) is 0 Å². The standard InChI is InChI=1S/C16H21N5O5/c1-2-3-4-5-6-7-21-14(24)10(12(22)20-16(21)26)8-17-11-9-18-15(25)19-13(11)23/h8-9,24H,2-7H2,1H3,(H,20,22,26)(H2,18,19,23,25). The molecule has 10 nitrogen and oxygen atoms in total. The van der Waals surface area contributed by atoms with Crippen molar-refractivity contribution in [2.75, 3.05) is 0 Å². The lowest BCUT2D eigenvalue weighted by Gasteiger charge is -2.09. The van der Waals surface area contributed by atoms with Gasteiger partial charge in [0.1, 0.15) is 11.3 Å². The Balaban J connectivity index is 2.28. The summed E-state index contributed by atoms with van der Waals surface area (Å²) in [5.74, 6) is -0.515. The second kappa shape index (κ2) is 8.79. The fourth-order valence-electron chi connectivity index (χ4n) is 2.41. The molecule has 10 heteroatoms. The number of aromatic amines is 3. The maximum Gasteiger partial charge on any atom is 0.331 e. The number of H-pyrrole nitrogens is 3. The molecule has 0 unspecified atom stereocenters. The van der Waals surface area contributed by atoms with Crippen molar-refractivity contribution in [3.63, 3.8) is 0 Å². The van der Waals surface area contributed by atoms with Gasteiger partial charge in [0, 0.05) is 19.0 Å². The molecule has 0 saturated heterocycles. The molecule has 2 heterocycles. The van der Waals surface area contributed by atoms with Gasteiger partial charge in [-0.2, -0.15) is 0 Å². The van der Waals surface area contributed by atoms with Gasteiger partial charge in [0.2, 0.25) is 5.88 Å². The van der Waals surface area contributed by atoms with Crippen molar-refractivity contribution >= 4 is 11.9 Å². The lowest BCUT2D eigenvalue weighted by molar-refractivity contribution is 0.392. The van der Waals surface area contributed by atoms with Crippen LogP contribution in [0.2, 0.25) is 0 Å². The lowest BCUT2D eigenvalue weighted by Crippen LogP contribution is -2.32. The maximum atomic E-state index is 11.9. The molecule has 2 aromatic rings. The van der Waals surface area contributed by atoms with Gasteiger partial charge in [-0.25, -0.2) is 14.6 Å². The van der Waals surface area contributed by atoms with Crippen molar-refractivity contribution in [3.8, 4) is 5.88 Å². The topological polar surface area (TPSA) is 153 Å².